The van der Waals surface area contributed by atoms with E-state index in [1.54, 1.807) is 6.92 Å². The quantitative estimate of drug-likeness (QED) is 0.301. The Kier molecular flexibility index (Phi) is 7.88. The van der Waals surface area contributed by atoms with Gasteiger partial charge in [0.15, 0.2) is 0 Å². The van der Waals surface area contributed by atoms with E-state index in [9.17, 15) is 0 Å². The van der Waals surface area contributed by atoms with Crippen molar-refractivity contribution in [2.75, 3.05) is 13.2 Å². The second-order valence-corrected chi connectivity index (χ2v) is 8.07. The van der Waals surface area contributed by atoms with E-state index >= 15 is 0 Å². The van der Waals surface area contributed by atoms with Gasteiger partial charge in [-0.15, -0.1) is 0 Å². The van der Waals surface area contributed by atoms with Crippen LogP contribution in [0.4, 0.5) is 0 Å². The lowest BCUT2D eigenvalue weighted by atomic mass is 9.92. The van der Waals surface area contributed by atoms with Crippen molar-refractivity contribution in [3.8, 4) is 16.9 Å². The molecule has 0 aliphatic carbocycles. The molecule has 3 rings (SSSR count). The Labute approximate surface area is 183 Å². The number of hydrogen-bond acceptors (Lipinski definition) is 4. The summed E-state index contributed by atoms with van der Waals surface area (Å²) in [5, 5.41) is 8.41. The number of amidine groups is 1. The van der Waals surface area contributed by atoms with E-state index < -0.39 is 0 Å². The zero-order chi connectivity index (χ0) is 21.5. The highest BCUT2D eigenvalue weighted by atomic mass is 35.5. The molecule has 0 saturated carbocycles. The highest BCUT2D eigenvalue weighted by Crippen LogP contribution is 2.40. The van der Waals surface area contributed by atoms with E-state index in [-0.39, 0.29) is 18.0 Å². The second-order valence-electron chi connectivity index (χ2n) is 7.64. The number of halogens is 1. The molecule has 6 heteroatoms. The fourth-order valence-corrected chi connectivity index (χ4v) is 3.72. The molecule has 0 aromatic heterocycles. The lowest BCUT2D eigenvalue weighted by Crippen LogP contribution is -2.28. The first-order chi connectivity index (χ1) is 14.5. The van der Waals surface area contributed by atoms with Crippen molar-refractivity contribution in [2.45, 2.75) is 51.7 Å². The molecule has 160 valence electrons. The molecule has 0 fully saturated rings. The van der Waals surface area contributed by atoms with Gasteiger partial charge in [-0.3, -0.25) is 10.4 Å². The van der Waals surface area contributed by atoms with E-state index in [1.165, 1.54) is 0 Å². The Morgan fingerprint density at radius 3 is 2.77 bits per heavy atom. The summed E-state index contributed by atoms with van der Waals surface area (Å²) in [6.07, 6.45) is 3.76. The van der Waals surface area contributed by atoms with Gasteiger partial charge >= 0.3 is 0 Å². The first-order valence-corrected chi connectivity index (χ1v) is 10.9. The number of nitrogens with one attached hydrogen (secondary N) is 1. The first-order valence-electron chi connectivity index (χ1n) is 10.5. The minimum absolute atomic E-state index is 0.00603. The van der Waals surface area contributed by atoms with Crippen LogP contribution in [0.15, 0.2) is 47.5 Å². The predicted molar refractivity (Wildman–Crippen MR) is 124 cm³/mol. The van der Waals surface area contributed by atoms with Crippen LogP contribution < -0.4 is 10.5 Å². The molecule has 30 heavy (non-hydrogen) atoms. The molecule has 0 saturated heterocycles. The number of nitrogens with zero attached hydrogens (tertiary/aromatic N) is 1. The maximum Gasteiger partial charge on any atom is 0.136 e. The maximum atomic E-state index is 7.71. The SMILES string of the molecule is CCCCOCCC1CC(/N=C(/C)C(=N)N)c2cc(-c3cccc(Cl)c3)ccc2O1. The minimum atomic E-state index is -0.113. The van der Waals surface area contributed by atoms with E-state index in [4.69, 9.17) is 37.2 Å². The third-order valence-corrected chi connectivity index (χ3v) is 5.51. The van der Waals surface area contributed by atoms with Crippen molar-refractivity contribution in [2.24, 2.45) is 10.7 Å². The van der Waals surface area contributed by atoms with Gasteiger partial charge in [0.05, 0.1) is 18.4 Å². The average molecular weight is 428 g/mol. The predicted octanol–water partition coefficient (Wildman–Crippen LogP) is 5.80. The van der Waals surface area contributed by atoms with Crippen molar-refractivity contribution in [3.05, 3.63) is 53.1 Å². The van der Waals surface area contributed by atoms with Crippen molar-refractivity contribution in [1.82, 2.24) is 0 Å². The Balaban J connectivity index is 1.85. The van der Waals surface area contributed by atoms with Gasteiger partial charge in [0, 0.05) is 30.0 Å². The van der Waals surface area contributed by atoms with E-state index in [2.05, 4.69) is 13.0 Å². The van der Waals surface area contributed by atoms with Crippen LogP contribution in [-0.4, -0.2) is 30.9 Å². The van der Waals surface area contributed by atoms with Gasteiger partial charge in [0.2, 0.25) is 0 Å². The van der Waals surface area contributed by atoms with Crippen LogP contribution in [-0.2, 0) is 4.74 Å². The van der Waals surface area contributed by atoms with Crippen molar-refractivity contribution in [3.63, 3.8) is 0 Å². The highest BCUT2D eigenvalue weighted by Gasteiger charge is 2.28. The molecule has 2 unspecified atom stereocenters. The number of benzene rings is 2. The molecule has 0 bridgehead atoms. The summed E-state index contributed by atoms with van der Waals surface area (Å²) in [6.45, 7) is 5.39. The number of ether oxygens (including phenoxy) is 2. The molecular weight excluding hydrogens is 398 g/mol. The van der Waals surface area contributed by atoms with Crippen LogP contribution in [0.1, 0.15) is 51.1 Å². The summed E-state index contributed by atoms with van der Waals surface area (Å²) >= 11 is 6.17. The van der Waals surface area contributed by atoms with Crippen LogP contribution in [0, 0.1) is 5.41 Å². The Morgan fingerprint density at radius 1 is 1.23 bits per heavy atom. The zero-order valence-electron chi connectivity index (χ0n) is 17.7. The summed E-state index contributed by atoms with van der Waals surface area (Å²) in [4.78, 5) is 4.76. The van der Waals surface area contributed by atoms with Crippen LogP contribution >= 0.6 is 11.6 Å². The summed E-state index contributed by atoms with van der Waals surface area (Å²) in [6, 6.07) is 13.8. The number of aliphatic imine (C=N–C) groups is 1. The molecule has 0 amide bonds. The number of rotatable bonds is 9. The van der Waals surface area contributed by atoms with Gasteiger partial charge in [0.25, 0.3) is 0 Å². The lowest BCUT2D eigenvalue weighted by molar-refractivity contribution is 0.0776. The smallest absolute Gasteiger partial charge is 0.136 e. The molecular formula is C24H30ClN3O2. The van der Waals surface area contributed by atoms with Crippen LogP contribution in [0.25, 0.3) is 11.1 Å². The summed E-state index contributed by atoms with van der Waals surface area (Å²) < 4.78 is 12.0. The molecule has 5 nitrogen and oxygen atoms in total. The van der Waals surface area contributed by atoms with E-state index in [0.717, 1.165) is 54.7 Å². The molecule has 1 aliphatic rings. The number of unbranched alkanes of at least 4 members (excludes halogenated alkanes) is 1. The Bertz CT molecular complexity index is 913. The van der Waals surface area contributed by atoms with Crippen LogP contribution in [0.3, 0.4) is 0 Å². The molecule has 3 N–H and O–H groups in total. The van der Waals surface area contributed by atoms with Crippen LogP contribution in [0.5, 0.6) is 5.75 Å². The fraction of sp³-hybridized carbons (Fsp3) is 0.417. The summed E-state index contributed by atoms with van der Waals surface area (Å²) in [5.74, 6) is 0.823. The fourth-order valence-electron chi connectivity index (χ4n) is 3.53. The molecule has 2 aromatic carbocycles. The second kappa shape index (κ2) is 10.6. The van der Waals surface area contributed by atoms with Crippen molar-refractivity contribution >= 4 is 23.1 Å². The molecule has 2 aromatic rings. The molecule has 1 aliphatic heterocycles. The first kappa shape index (κ1) is 22.3. The third-order valence-electron chi connectivity index (χ3n) is 5.27. The minimum Gasteiger partial charge on any atom is -0.490 e. The number of fused-ring (bicyclic) bond motifs is 1. The van der Waals surface area contributed by atoms with Crippen molar-refractivity contribution < 1.29 is 9.47 Å². The van der Waals surface area contributed by atoms with E-state index in [0.29, 0.717) is 17.3 Å². The molecule has 1 heterocycles. The van der Waals surface area contributed by atoms with Gasteiger partial charge in [-0.2, -0.15) is 0 Å². The van der Waals surface area contributed by atoms with Gasteiger partial charge in [-0.25, -0.2) is 0 Å². The van der Waals surface area contributed by atoms with E-state index in [1.807, 2.05) is 36.4 Å². The molecule has 0 radical (unpaired) electrons. The van der Waals surface area contributed by atoms with Crippen molar-refractivity contribution in [1.29, 1.82) is 5.41 Å². The topological polar surface area (TPSA) is 80.7 Å². The summed E-state index contributed by atoms with van der Waals surface area (Å²) in [5.41, 5.74) is 9.31. The maximum absolute atomic E-state index is 7.71. The van der Waals surface area contributed by atoms with Gasteiger partial charge in [-0.1, -0.05) is 43.1 Å². The lowest BCUT2D eigenvalue weighted by Gasteiger charge is -2.31. The largest absolute Gasteiger partial charge is 0.490 e. The number of hydrogen-bond donors (Lipinski definition) is 2. The Hall–Kier alpha value is -2.37. The van der Waals surface area contributed by atoms with Crippen LogP contribution in [0.2, 0.25) is 5.02 Å². The Morgan fingerprint density at radius 2 is 2.03 bits per heavy atom. The average Bonchev–Trinajstić information content (AvgIpc) is 2.73. The highest BCUT2D eigenvalue weighted by molar-refractivity contribution is 6.38. The normalized spacial score (nSPS) is 18.6. The van der Waals surface area contributed by atoms with Gasteiger partial charge < -0.3 is 15.2 Å². The summed E-state index contributed by atoms with van der Waals surface area (Å²) in [7, 11) is 0. The standard InChI is InChI=1S/C24H30ClN3O2/c1-3-4-11-29-12-10-20-15-22(28-16(2)24(26)27)21-14-18(8-9-23(21)30-20)17-6-5-7-19(25)13-17/h5-9,13-14,20,22H,3-4,10-12,15H2,1-2H3,(H3,26,27)/b28-16-. The molecule has 2 atom stereocenters. The van der Waals surface area contributed by atoms with Gasteiger partial charge in [-0.05, 0) is 48.7 Å². The zero-order valence-corrected chi connectivity index (χ0v) is 18.4. The third kappa shape index (κ3) is 5.83. The monoisotopic (exact) mass is 427 g/mol. The van der Waals surface area contributed by atoms with Gasteiger partial charge in [0.1, 0.15) is 17.7 Å². The number of nitrogens with two attached hydrogens (primary N) is 1. The molecule has 0 spiro atoms.